The molecule has 0 spiro atoms. The van der Waals surface area contributed by atoms with E-state index < -0.39 is 0 Å². The minimum Gasteiger partial charge on any atom is -0.489 e. The second-order valence-corrected chi connectivity index (χ2v) is 7.01. The number of likely N-dealkylation sites (N-methyl/N-ethyl adjacent to an activating group) is 1. The minimum absolute atomic E-state index is 0.0574. The van der Waals surface area contributed by atoms with Crippen LogP contribution in [0.1, 0.15) is 23.7 Å². The molecule has 1 saturated carbocycles. The highest BCUT2D eigenvalue weighted by Gasteiger charge is 2.55. The quantitative estimate of drug-likeness (QED) is 0.812. The van der Waals surface area contributed by atoms with Crippen molar-refractivity contribution in [3.8, 4) is 5.75 Å². The number of nitrogens with one attached hydrogen (secondary N) is 1. The Morgan fingerprint density at radius 1 is 1.46 bits per heavy atom. The van der Waals surface area contributed by atoms with Gasteiger partial charge in [-0.1, -0.05) is 12.6 Å². The third-order valence-electron chi connectivity index (χ3n) is 4.82. The summed E-state index contributed by atoms with van der Waals surface area (Å²) < 4.78 is 11.4. The molecule has 1 aliphatic carbocycles. The van der Waals surface area contributed by atoms with Crippen LogP contribution in [0, 0.1) is 5.92 Å². The molecule has 24 heavy (non-hydrogen) atoms. The summed E-state index contributed by atoms with van der Waals surface area (Å²) in [5.74, 6) is 1.05. The number of hydrogen-bond acceptors (Lipinski definition) is 4. The first-order valence-corrected chi connectivity index (χ1v) is 8.43. The number of carbonyl (C=O) groups is 1. The molecule has 130 valence electrons. The van der Waals surface area contributed by atoms with Gasteiger partial charge in [-0.2, -0.15) is 0 Å². The van der Waals surface area contributed by atoms with E-state index in [2.05, 4.69) is 16.8 Å². The van der Waals surface area contributed by atoms with Gasteiger partial charge in [0, 0.05) is 18.1 Å². The molecule has 0 radical (unpaired) electrons. The predicted octanol–water partition coefficient (Wildman–Crippen LogP) is 2.09. The van der Waals surface area contributed by atoms with E-state index in [1.807, 2.05) is 39.2 Å². The molecule has 0 unspecified atom stereocenters. The molecule has 3 rings (SSSR count). The Morgan fingerprint density at radius 2 is 2.25 bits per heavy atom. The Hall–Kier alpha value is -1.85. The summed E-state index contributed by atoms with van der Waals surface area (Å²) in [5, 5.41) is 3.19. The Kier molecular flexibility index (Phi) is 4.92. The minimum atomic E-state index is -0.0574. The summed E-state index contributed by atoms with van der Waals surface area (Å²) in [6, 6.07) is 7.67. The molecule has 2 aliphatic rings. The Labute approximate surface area is 143 Å². The Bertz CT molecular complexity index is 629. The summed E-state index contributed by atoms with van der Waals surface area (Å²) in [6.07, 6.45) is 1.26. The third-order valence-corrected chi connectivity index (χ3v) is 4.82. The SMILES string of the molecule is C=C(C)COc1cccc(C(=O)N[C@@H]2[C@@H]3CCO[C@@H]3[C@H]2N(C)C)c1. The van der Waals surface area contributed by atoms with Gasteiger partial charge in [0.05, 0.1) is 18.2 Å². The van der Waals surface area contributed by atoms with Crippen molar-refractivity contribution in [1.29, 1.82) is 0 Å². The molecule has 1 saturated heterocycles. The van der Waals surface area contributed by atoms with Crippen molar-refractivity contribution in [1.82, 2.24) is 10.2 Å². The van der Waals surface area contributed by atoms with Gasteiger partial charge in [-0.25, -0.2) is 0 Å². The number of nitrogens with zero attached hydrogens (tertiary/aromatic N) is 1. The van der Waals surface area contributed by atoms with Crippen molar-refractivity contribution < 1.29 is 14.3 Å². The van der Waals surface area contributed by atoms with Crippen LogP contribution in [0.3, 0.4) is 0 Å². The van der Waals surface area contributed by atoms with Gasteiger partial charge in [-0.15, -0.1) is 0 Å². The van der Waals surface area contributed by atoms with E-state index in [-0.39, 0.29) is 24.1 Å². The summed E-state index contributed by atoms with van der Waals surface area (Å²) in [4.78, 5) is 14.8. The molecule has 4 atom stereocenters. The predicted molar refractivity (Wildman–Crippen MR) is 93.3 cm³/mol. The molecule has 1 aromatic rings. The van der Waals surface area contributed by atoms with Crippen LogP contribution in [0.2, 0.25) is 0 Å². The van der Waals surface area contributed by atoms with Gasteiger partial charge in [-0.05, 0) is 51.2 Å². The zero-order valence-corrected chi connectivity index (χ0v) is 14.6. The van der Waals surface area contributed by atoms with E-state index in [0.717, 1.165) is 18.6 Å². The first-order valence-electron chi connectivity index (χ1n) is 8.43. The van der Waals surface area contributed by atoms with E-state index in [0.29, 0.717) is 23.8 Å². The van der Waals surface area contributed by atoms with Crippen LogP contribution in [-0.2, 0) is 4.74 Å². The lowest BCUT2D eigenvalue weighted by Gasteiger charge is -2.50. The maximum Gasteiger partial charge on any atom is 0.251 e. The van der Waals surface area contributed by atoms with Gasteiger partial charge in [0.25, 0.3) is 5.91 Å². The van der Waals surface area contributed by atoms with Gasteiger partial charge in [0.2, 0.25) is 0 Å². The van der Waals surface area contributed by atoms with Crippen LogP contribution in [-0.4, -0.2) is 56.3 Å². The Balaban J connectivity index is 1.66. The smallest absolute Gasteiger partial charge is 0.251 e. The molecular formula is C19H26N2O3. The molecule has 1 heterocycles. The van der Waals surface area contributed by atoms with E-state index in [1.54, 1.807) is 6.07 Å². The van der Waals surface area contributed by atoms with Crippen molar-refractivity contribution in [2.75, 3.05) is 27.3 Å². The molecule has 1 amide bonds. The van der Waals surface area contributed by atoms with Gasteiger partial charge in [-0.3, -0.25) is 4.79 Å². The van der Waals surface area contributed by atoms with E-state index in [4.69, 9.17) is 9.47 Å². The number of rotatable bonds is 6. The molecule has 5 nitrogen and oxygen atoms in total. The van der Waals surface area contributed by atoms with Crippen LogP contribution in [0.4, 0.5) is 0 Å². The maximum atomic E-state index is 12.7. The summed E-state index contributed by atoms with van der Waals surface area (Å²) in [5.41, 5.74) is 1.56. The van der Waals surface area contributed by atoms with Crippen LogP contribution in [0.5, 0.6) is 5.75 Å². The number of fused-ring (bicyclic) bond motifs is 1. The largest absolute Gasteiger partial charge is 0.489 e. The van der Waals surface area contributed by atoms with Crippen molar-refractivity contribution >= 4 is 5.91 Å². The molecule has 5 heteroatoms. The monoisotopic (exact) mass is 330 g/mol. The zero-order valence-electron chi connectivity index (χ0n) is 14.6. The average molecular weight is 330 g/mol. The maximum absolute atomic E-state index is 12.7. The number of carbonyl (C=O) groups excluding carboxylic acids is 1. The second kappa shape index (κ2) is 6.95. The van der Waals surface area contributed by atoms with Gasteiger partial charge >= 0.3 is 0 Å². The highest BCUT2D eigenvalue weighted by atomic mass is 16.5. The fourth-order valence-electron chi connectivity index (χ4n) is 3.65. The number of hydrogen-bond donors (Lipinski definition) is 1. The zero-order chi connectivity index (χ0) is 17.3. The van der Waals surface area contributed by atoms with E-state index in [1.165, 1.54) is 0 Å². The molecule has 0 aromatic heterocycles. The van der Waals surface area contributed by atoms with E-state index in [9.17, 15) is 4.79 Å². The van der Waals surface area contributed by atoms with Crippen molar-refractivity contribution in [3.05, 3.63) is 42.0 Å². The average Bonchev–Trinajstić information content (AvgIpc) is 2.93. The first kappa shape index (κ1) is 17.0. The van der Waals surface area contributed by atoms with E-state index >= 15 is 0 Å². The van der Waals surface area contributed by atoms with Gasteiger partial charge in [0.15, 0.2) is 0 Å². The molecular weight excluding hydrogens is 304 g/mol. The molecule has 0 bridgehead atoms. The summed E-state index contributed by atoms with van der Waals surface area (Å²) in [6.45, 7) is 6.98. The lowest BCUT2D eigenvalue weighted by atomic mass is 9.71. The fourth-order valence-corrected chi connectivity index (χ4v) is 3.65. The second-order valence-electron chi connectivity index (χ2n) is 7.01. The highest BCUT2D eigenvalue weighted by Crippen LogP contribution is 2.41. The summed E-state index contributed by atoms with van der Waals surface area (Å²) in [7, 11) is 4.07. The van der Waals surface area contributed by atoms with Crippen LogP contribution in [0.25, 0.3) is 0 Å². The van der Waals surface area contributed by atoms with Crippen molar-refractivity contribution in [2.45, 2.75) is 31.5 Å². The third kappa shape index (κ3) is 3.32. The molecule has 1 aromatic carbocycles. The van der Waals surface area contributed by atoms with Crippen LogP contribution < -0.4 is 10.1 Å². The first-order chi connectivity index (χ1) is 11.5. The Morgan fingerprint density at radius 3 is 2.96 bits per heavy atom. The normalized spacial score (nSPS) is 28.2. The lowest BCUT2D eigenvalue weighted by Crippen LogP contribution is -2.69. The van der Waals surface area contributed by atoms with Crippen LogP contribution >= 0.6 is 0 Å². The number of amides is 1. The van der Waals surface area contributed by atoms with Gasteiger partial charge in [0.1, 0.15) is 12.4 Å². The van der Waals surface area contributed by atoms with Crippen molar-refractivity contribution in [3.63, 3.8) is 0 Å². The summed E-state index contributed by atoms with van der Waals surface area (Å²) >= 11 is 0. The van der Waals surface area contributed by atoms with Crippen molar-refractivity contribution in [2.24, 2.45) is 5.92 Å². The topological polar surface area (TPSA) is 50.8 Å². The van der Waals surface area contributed by atoms with Gasteiger partial charge < -0.3 is 19.7 Å². The molecule has 1 aliphatic heterocycles. The number of ether oxygens (including phenoxy) is 2. The molecule has 1 N–H and O–H groups in total. The molecule has 2 fully saturated rings. The standard InChI is InChI=1S/C19H26N2O3/c1-12(2)11-24-14-7-5-6-13(10-14)19(22)20-16-15-8-9-23-18(15)17(16)21(3)4/h5-7,10,15-18H,1,8-9,11H2,2-4H3,(H,20,22)/t15-,16+,17-,18-/m0/s1. The fraction of sp³-hybridized carbons (Fsp3) is 0.526. The van der Waals surface area contributed by atoms with Crippen LogP contribution in [0.15, 0.2) is 36.4 Å². The highest BCUT2D eigenvalue weighted by molar-refractivity contribution is 5.95. The number of benzene rings is 1. The lowest BCUT2D eigenvalue weighted by molar-refractivity contribution is -0.0664.